The number of hydrogen-bond acceptors (Lipinski definition) is 7. The Morgan fingerprint density at radius 1 is 0.344 bits per heavy atom. The number of ether oxygens (including phenoxy) is 2. The Morgan fingerprint density at radius 2 is 0.600 bits per heavy atom. The molecule has 10 heteroatoms. The van der Waals surface area contributed by atoms with Gasteiger partial charge < -0.3 is 18.9 Å². The van der Waals surface area contributed by atoms with Crippen LogP contribution in [0.25, 0.3) is 0 Å². The minimum absolute atomic E-state index is 0.0346. The number of quaternary nitrogens is 1. The van der Waals surface area contributed by atoms with Crippen molar-refractivity contribution in [2.45, 2.75) is 418 Å². The zero-order chi connectivity index (χ0) is 65.5. The van der Waals surface area contributed by atoms with Crippen molar-refractivity contribution in [3.05, 3.63) is 36.5 Å². The van der Waals surface area contributed by atoms with E-state index in [-0.39, 0.29) is 25.6 Å². The van der Waals surface area contributed by atoms with E-state index in [1.165, 1.54) is 340 Å². The molecule has 0 saturated heterocycles. The maximum atomic E-state index is 12.9. The third-order valence-electron chi connectivity index (χ3n) is 18.1. The smallest absolute Gasteiger partial charge is 0.462 e. The van der Waals surface area contributed by atoms with Crippen LogP contribution in [0.1, 0.15) is 412 Å². The number of unbranched alkanes of at least 4 members (excludes halogenated alkanes) is 55. The fraction of sp³-hybridized carbons (Fsp3) is 0.900. The minimum atomic E-state index is -4.39. The highest BCUT2D eigenvalue weighted by Crippen LogP contribution is 2.43. The predicted octanol–water partition coefficient (Wildman–Crippen LogP) is 26.2. The lowest BCUT2D eigenvalue weighted by Gasteiger charge is -2.24. The molecule has 0 fully saturated rings. The molecule has 0 aliphatic carbocycles. The molecule has 0 radical (unpaired) electrons. The van der Waals surface area contributed by atoms with E-state index in [0.29, 0.717) is 23.9 Å². The molecule has 1 N–H and O–H groups in total. The number of rotatable bonds is 75. The molecule has 0 amide bonds. The number of allylic oxidation sites excluding steroid dienone is 6. The molecule has 0 rings (SSSR count). The Morgan fingerprint density at radius 3 is 0.889 bits per heavy atom. The van der Waals surface area contributed by atoms with Crippen LogP contribution in [-0.2, 0) is 32.7 Å². The number of carbonyl (C=O) groups excluding carboxylic acids is 2. The number of carbonyl (C=O) groups is 2. The van der Waals surface area contributed by atoms with Crippen LogP contribution in [0, 0.1) is 0 Å². The summed E-state index contributed by atoms with van der Waals surface area (Å²) in [5.74, 6) is -0.774. The summed E-state index contributed by atoms with van der Waals surface area (Å²) in [4.78, 5) is 36.0. The van der Waals surface area contributed by atoms with Gasteiger partial charge in [-0.25, -0.2) is 4.57 Å². The fourth-order valence-electron chi connectivity index (χ4n) is 12.0. The van der Waals surface area contributed by atoms with Gasteiger partial charge in [-0.2, -0.15) is 0 Å². The summed E-state index contributed by atoms with van der Waals surface area (Å²) >= 11 is 0. The third-order valence-corrected chi connectivity index (χ3v) is 19.1. The quantitative estimate of drug-likeness (QED) is 0.0211. The van der Waals surface area contributed by atoms with Gasteiger partial charge in [0.2, 0.25) is 0 Å². The molecular formula is C80H155NO8P+. The van der Waals surface area contributed by atoms with Crippen molar-refractivity contribution in [2.24, 2.45) is 0 Å². The Bertz CT molecular complexity index is 1610. The minimum Gasteiger partial charge on any atom is -0.462 e. The third kappa shape index (κ3) is 75.3. The zero-order valence-corrected chi connectivity index (χ0v) is 61.8. The van der Waals surface area contributed by atoms with Crippen molar-refractivity contribution in [1.29, 1.82) is 0 Å². The number of phosphoric acid groups is 1. The van der Waals surface area contributed by atoms with Crippen LogP contribution in [0.15, 0.2) is 36.5 Å². The van der Waals surface area contributed by atoms with E-state index in [0.717, 1.165) is 38.5 Å². The Balaban J connectivity index is 3.88. The van der Waals surface area contributed by atoms with Crippen molar-refractivity contribution in [3.8, 4) is 0 Å². The highest BCUT2D eigenvalue weighted by Gasteiger charge is 2.27. The highest BCUT2D eigenvalue weighted by atomic mass is 31.2. The van der Waals surface area contributed by atoms with Crippen LogP contribution < -0.4 is 0 Å². The van der Waals surface area contributed by atoms with Crippen molar-refractivity contribution in [1.82, 2.24) is 0 Å². The molecule has 9 nitrogen and oxygen atoms in total. The van der Waals surface area contributed by atoms with Gasteiger partial charge in [-0.3, -0.25) is 18.6 Å². The Labute approximate surface area is 561 Å². The molecule has 0 aromatic rings. The van der Waals surface area contributed by atoms with E-state index in [4.69, 9.17) is 18.5 Å². The standard InChI is InChI=1S/C80H154NO8P/c1-6-8-10-12-14-16-18-20-22-24-26-28-30-32-34-35-36-37-38-39-40-41-42-43-44-45-47-48-50-52-54-56-58-60-62-64-66-68-70-72-79(82)86-76-78(77-88-90(84,85)87-75-74-81(3,4)5)89-80(83)73-71-69-67-65-63-61-59-57-55-53-51-49-46-33-31-29-27-25-23-21-19-17-15-13-11-9-7-2/h19,21,24-27,78H,6-18,20,22-23,28-77H2,1-5H3/p+1/b21-19-,26-24-,27-25-. The molecule has 0 aliphatic heterocycles. The summed E-state index contributed by atoms with van der Waals surface area (Å²) in [6.07, 6.45) is 93.0. The van der Waals surface area contributed by atoms with E-state index in [9.17, 15) is 19.0 Å². The average molecular weight is 1290 g/mol. The van der Waals surface area contributed by atoms with E-state index >= 15 is 0 Å². The van der Waals surface area contributed by atoms with Gasteiger partial charge >= 0.3 is 19.8 Å². The average Bonchev–Trinajstić information content (AvgIpc) is 3.61. The normalized spacial score (nSPS) is 13.2. The molecule has 0 heterocycles. The molecule has 0 spiro atoms. The van der Waals surface area contributed by atoms with Crippen molar-refractivity contribution < 1.29 is 42.1 Å². The molecule has 0 aliphatic rings. The van der Waals surface area contributed by atoms with Crippen LogP contribution in [-0.4, -0.2) is 74.9 Å². The maximum Gasteiger partial charge on any atom is 0.472 e. The number of hydrogen-bond donors (Lipinski definition) is 1. The number of phosphoric ester groups is 1. The fourth-order valence-corrected chi connectivity index (χ4v) is 12.8. The zero-order valence-electron chi connectivity index (χ0n) is 60.9. The molecule has 0 aromatic heterocycles. The molecule has 0 aromatic carbocycles. The van der Waals surface area contributed by atoms with Gasteiger partial charge in [0.1, 0.15) is 19.8 Å². The van der Waals surface area contributed by atoms with E-state index < -0.39 is 26.5 Å². The van der Waals surface area contributed by atoms with Crippen molar-refractivity contribution >= 4 is 19.8 Å². The van der Waals surface area contributed by atoms with Gasteiger partial charge in [-0.15, -0.1) is 0 Å². The number of esters is 2. The maximum absolute atomic E-state index is 12.9. The highest BCUT2D eigenvalue weighted by molar-refractivity contribution is 7.47. The molecule has 532 valence electrons. The monoisotopic (exact) mass is 1290 g/mol. The number of likely N-dealkylation sites (N-methyl/N-ethyl adjacent to an activating group) is 1. The van der Waals surface area contributed by atoms with E-state index in [1.807, 2.05) is 21.1 Å². The van der Waals surface area contributed by atoms with Crippen LogP contribution >= 0.6 is 7.82 Å². The molecule has 2 atom stereocenters. The second kappa shape index (κ2) is 71.5. The molecule has 0 saturated carbocycles. The first-order valence-electron chi connectivity index (χ1n) is 39.7. The van der Waals surface area contributed by atoms with Crippen molar-refractivity contribution in [2.75, 3.05) is 47.5 Å². The first-order chi connectivity index (χ1) is 44.0. The van der Waals surface area contributed by atoms with Gasteiger partial charge in [0.05, 0.1) is 27.7 Å². The lowest BCUT2D eigenvalue weighted by molar-refractivity contribution is -0.870. The van der Waals surface area contributed by atoms with E-state index in [1.54, 1.807) is 0 Å². The van der Waals surface area contributed by atoms with Gasteiger partial charge in [0, 0.05) is 12.8 Å². The Kier molecular flexibility index (Phi) is 70.1. The first-order valence-corrected chi connectivity index (χ1v) is 41.2. The Hall–Kier alpha value is -1.77. The topological polar surface area (TPSA) is 108 Å². The van der Waals surface area contributed by atoms with Crippen LogP contribution in [0.4, 0.5) is 0 Å². The summed E-state index contributed by atoms with van der Waals surface area (Å²) in [5, 5.41) is 0. The molecule has 2 unspecified atom stereocenters. The van der Waals surface area contributed by atoms with Gasteiger partial charge in [-0.05, 0) is 70.6 Å². The predicted molar refractivity (Wildman–Crippen MR) is 390 cm³/mol. The van der Waals surface area contributed by atoms with Crippen LogP contribution in [0.3, 0.4) is 0 Å². The van der Waals surface area contributed by atoms with Crippen LogP contribution in [0.5, 0.6) is 0 Å². The summed E-state index contributed by atoms with van der Waals surface area (Å²) in [6.45, 7) is 4.50. The summed E-state index contributed by atoms with van der Waals surface area (Å²) < 4.78 is 34.8. The lowest BCUT2D eigenvalue weighted by atomic mass is 10.0. The van der Waals surface area contributed by atoms with Gasteiger partial charge in [-0.1, -0.05) is 365 Å². The summed E-state index contributed by atoms with van der Waals surface area (Å²) in [5.41, 5.74) is 0. The number of nitrogens with zero attached hydrogens (tertiary/aromatic N) is 1. The summed E-state index contributed by atoms with van der Waals surface area (Å²) in [7, 11) is 1.50. The SMILES string of the molecule is CCCCCCC/C=C\C/C=C\CCCCCCCCCCCCCCCCCC(=O)OC(COC(=O)CCCCCCCCCCCCCCCCCCCCCCCCCCCCC/C=C\CCCCCCCCCC)COP(=O)(O)OCC[N+](C)(C)C. The largest absolute Gasteiger partial charge is 0.472 e. The summed E-state index contributed by atoms with van der Waals surface area (Å²) in [6, 6.07) is 0. The lowest BCUT2D eigenvalue weighted by Crippen LogP contribution is -2.37. The molecular weight excluding hydrogens is 1130 g/mol. The van der Waals surface area contributed by atoms with Gasteiger partial charge in [0.15, 0.2) is 6.10 Å². The first kappa shape index (κ1) is 88.2. The van der Waals surface area contributed by atoms with Gasteiger partial charge in [0.25, 0.3) is 0 Å². The molecule has 90 heavy (non-hydrogen) atoms. The second-order valence-electron chi connectivity index (χ2n) is 28.4. The van der Waals surface area contributed by atoms with Crippen LogP contribution in [0.2, 0.25) is 0 Å². The van der Waals surface area contributed by atoms with E-state index in [2.05, 4.69) is 50.3 Å². The van der Waals surface area contributed by atoms with Crippen molar-refractivity contribution in [3.63, 3.8) is 0 Å². The second-order valence-corrected chi connectivity index (χ2v) is 29.9. The molecule has 0 bridgehead atoms.